The molecule has 0 unspecified atom stereocenters. The standard InChI is InChI=1S/C9H13NO3/c11-7-3-1-2-6-10-8(12)4-5-9(10)13/h7H,1-6H2. The summed E-state index contributed by atoms with van der Waals surface area (Å²) >= 11 is 0. The first kappa shape index (κ1) is 9.89. The molecule has 4 heteroatoms. The number of imide groups is 1. The smallest absolute Gasteiger partial charge is 0.229 e. The van der Waals surface area contributed by atoms with Crippen LogP contribution in [-0.2, 0) is 14.4 Å². The van der Waals surface area contributed by atoms with Crippen LogP contribution in [0, 0.1) is 0 Å². The predicted octanol–water partition coefficient (Wildman–Crippen LogP) is 0.505. The van der Waals surface area contributed by atoms with Gasteiger partial charge in [-0.1, -0.05) is 0 Å². The molecule has 1 heterocycles. The first-order valence-electron chi connectivity index (χ1n) is 4.52. The van der Waals surface area contributed by atoms with Crippen molar-refractivity contribution in [3.63, 3.8) is 0 Å². The fraction of sp³-hybridized carbons (Fsp3) is 0.667. The van der Waals surface area contributed by atoms with Crippen molar-refractivity contribution < 1.29 is 14.4 Å². The molecule has 0 aliphatic carbocycles. The zero-order chi connectivity index (χ0) is 9.68. The highest BCUT2D eigenvalue weighted by Gasteiger charge is 2.27. The van der Waals surface area contributed by atoms with E-state index >= 15 is 0 Å². The molecule has 0 N–H and O–H groups in total. The number of carbonyl (C=O) groups is 3. The van der Waals surface area contributed by atoms with Crippen LogP contribution in [-0.4, -0.2) is 29.5 Å². The fourth-order valence-electron chi connectivity index (χ4n) is 1.37. The molecule has 0 saturated carbocycles. The summed E-state index contributed by atoms with van der Waals surface area (Å²) in [5, 5.41) is 0. The quantitative estimate of drug-likeness (QED) is 0.354. The Morgan fingerprint density at radius 2 is 1.77 bits per heavy atom. The highest BCUT2D eigenvalue weighted by atomic mass is 16.2. The maximum absolute atomic E-state index is 11.1. The third-order valence-corrected chi connectivity index (χ3v) is 2.11. The lowest BCUT2D eigenvalue weighted by Crippen LogP contribution is -2.29. The Balaban J connectivity index is 2.23. The Bertz CT molecular complexity index is 209. The van der Waals surface area contributed by atoms with E-state index in [0.29, 0.717) is 25.8 Å². The summed E-state index contributed by atoms with van der Waals surface area (Å²) in [6.07, 6.45) is 3.56. The van der Waals surface area contributed by atoms with Crippen LogP contribution >= 0.6 is 0 Å². The molecule has 0 spiro atoms. The molecule has 1 aliphatic heterocycles. The maximum atomic E-state index is 11.1. The first-order valence-corrected chi connectivity index (χ1v) is 4.52. The zero-order valence-corrected chi connectivity index (χ0v) is 7.49. The summed E-state index contributed by atoms with van der Waals surface area (Å²) in [5.74, 6) is -0.146. The minimum Gasteiger partial charge on any atom is -0.303 e. The average molecular weight is 183 g/mol. The molecule has 0 atom stereocenters. The van der Waals surface area contributed by atoms with E-state index < -0.39 is 0 Å². The number of carbonyl (C=O) groups excluding carboxylic acids is 3. The summed E-state index contributed by atoms with van der Waals surface area (Å²) in [5.41, 5.74) is 0. The molecule has 72 valence electrons. The minimum absolute atomic E-state index is 0.0731. The van der Waals surface area contributed by atoms with Crippen LogP contribution in [0.25, 0.3) is 0 Å². The maximum Gasteiger partial charge on any atom is 0.229 e. The lowest BCUT2D eigenvalue weighted by atomic mass is 10.2. The third-order valence-electron chi connectivity index (χ3n) is 2.11. The Morgan fingerprint density at radius 3 is 2.31 bits per heavy atom. The van der Waals surface area contributed by atoms with Gasteiger partial charge in [-0.2, -0.15) is 0 Å². The molecule has 1 rings (SSSR count). The Labute approximate surface area is 76.9 Å². The number of aldehydes is 1. The van der Waals surface area contributed by atoms with Crippen molar-refractivity contribution in [2.75, 3.05) is 6.54 Å². The second-order valence-corrected chi connectivity index (χ2v) is 3.10. The van der Waals surface area contributed by atoms with Gasteiger partial charge in [0.2, 0.25) is 11.8 Å². The van der Waals surface area contributed by atoms with Crippen molar-refractivity contribution in [3.05, 3.63) is 0 Å². The fourth-order valence-corrected chi connectivity index (χ4v) is 1.37. The van der Waals surface area contributed by atoms with Crippen molar-refractivity contribution in [1.29, 1.82) is 0 Å². The van der Waals surface area contributed by atoms with Crippen LogP contribution in [0.2, 0.25) is 0 Å². The van der Waals surface area contributed by atoms with Crippen LogP contribution in [0.3, 0.4) is 0 Å². The van der Waals surface area contributed by atoms with E-state index in [1.54, 1.807) is 0 Å². The van der Waals surface area contributed by atoms with Crippen LogP contribution in [0.4, 0.5) is 0 Å². The number of hydrogen-bond donors (Lipinski definition) is 0. The van der Waals surface area contributed by atoms with E-state index in [4.69, 9.17) is 0 Å². The second-order valence-electron chi connectivity index (χ2n) is 3.10. The van der Waals surface area contributed by atoms with Crippen LogP contribution in [0.15, 0.2) is 0 Å². The largest absolute Gasteiger partial charge is 0.303 e. The summed E-state index contributed by atoms with van der Waals surface area (Å²) in [6.45, 7) is 0.478. The van der Waals surface area contributed by atoms with E-state index in [0.717, 1.165) is 19.1 Å². The molecule has 2 amide bonds. The van der Waals surface area contributed by atoms with Crippen LogP contribution < -0.4 is 0 Å². The summed E-state index contributed by atoms with van der Waals surface area (Å²) < 4.78 is 0. The molecular weight excluding hydrogens is 170 g/mol. The normalized spacial score (nSPS) is 16.8. The van der Waals surface area contributed by atoms with Crippen molar-refractivity contribution >= 4 is 18.1 Å². The minimum atomic E-state index is -0.0731. The molecule has 0 aromatic heterocycles. The van der Waals surface area contributed by atoms with E-state index in [1.165, 1.54) is 4.90 Å². The molecule has 0 aromatic rings. The van der Waals surface area contributed by atoms with Crippen molar-refractivity contribution in [2.24, 2.45) is 0 Å². The molecule has 0 bridgehead atoms. The molecule has 0 radical (unpaired) electrons. The summed E-state index contributed by atoms with van der Waals surface area (Å²) in [4.78, 5) is 33.4. The molecular formula is C9H13NO3. The Hall–Kier alpha value is -1.19. The lowest BCUT2D eigenvalue weighted by molar-refractivity contribution is -0.138. The van der Waals surface area contributed by atoms with Crippen LogP contribution in [0.5, 0.6) is 0 Å². The second kappa shape index (κ2) is 4.74. The highest BCUT2D eigenvalue weighted by molar-refractivity contribution is 6.01. The summed E-state index contributed by atoms with van der Waals surface area (Å²) in [6, 6.07) is 0. The number of rotatable bonds is 5. The van der Waals surface area contributed by atoms with Gasteiger partial charge in [0, 0.05) is 25.8 Å². The van der Waals surface area contributed by atoms with E-state index in [9.17, 15) is 14.4 Å². The Kier molecular flexibility index (Phi) is 3.61. The van der Waals surface area contributed by atoms with Crippen molar-refractivity contribution in [1.82, 2.24) is 4.90 Å². The molecule has 0 aromatic carbocycles. The van der Waals surface area contributed by atoms with Gasteiger partial charge in [-0.25, -0.2) is 0 Å². The topological polar surface area (TPSA) is 54.5 Å². The van der Waals surface area contributed by atoms with Gasteiger partial charge >= 0.3 is 0 Å². The molecule has 1 saturated heterocycles. The lowest BCUT2D eigenvalue weighted by Gasteiger charge is -2.12. The molecule has 1 aliphatic rings. The van der Waals surface area contributed by atoms with Gasteiger partial charge in [0.1, 0.15) is 6.29 Å². The third kappa shape index (κ3) is 2.65. The molecule has 4 nitrogen and oxygen atoms in total. The zero-order valence-electron chi connectivity index (χ0n) is 7.49. The Morgan fingerprint density at radius 1 is 1.15 bits per heavy atom. The monoisotopic (exact) mass is 183 g/mol. The average Bonchev–Trinajstić information content (AvgIpc) is 2.42. The number of hydrogen-bond acceptors (Lipinski definition) is 3. The van der Waals surface area contributed by atoms with Crippen molar-refractivity contribution in [2.45, 2.75) is 32.1 Å². The molecule has 13 heavy (non-hydrogen) atoms. The number of unbranched alkanes of at least 4 members (excludes halogenated alkanes) is 2. The van der Waals surface area contributed by atoms with Gasteiger partial charge in [0.15, 0.2) is 0 Å². The van der Waals surface area contributed by atoms with E-state index in [1.807, 2.05) is 0 Å². The highest BCUT2D eigenvalue weighted by Crippen LogP contribution is 2.12. The first-order chi connectivity index (χ1) is 6.25. The number of nitrogens with zero attached hydrogens (tertiary/aromatic N) is 1. The number of likely N-dealkylation sites (tertiary alicyclic amines) is 1. The van der Waals surface area contributed by atoms with E-state index in [2.05, 4.69) is 0 Å². The molecule has 1 fully saturated rings. The number of amides is 2. The van der Waals surface area contributed by atoms with Gasteiger partial charge in [-0.3, -0.25) is 14.5 Å². The van der Waals surface area contributed by atoms with Gasteiger partial charge in [-0.15, -0.1) is 0 Å². The van der Waals surface area contributed by atoms with Gasteiger partial charge in [0.05, 0.1) is 0 Å². The SMILES string of the molecule is O=CCCCCN1C(=O)CCC1=O. The van der Waals surface area contributed by atoms with Gasteiger partial charge in [-0.05, 0) is 12.8 Å². The van der Waals surface area contributed by atoms with Gasteiger partial charge in [0.25, 0.3) is 0 Å². The van der Waals surface area contributed by atoms with Crippen molar-refractivity contribution in [3.8, 4) is 0 Å². The summed E-state index contributed by atoms with van der Waals surface area (Å²) in [7, 11) is 0. The predicted molar refractivity (Wildman–Crippen MR) is 45.9 cm³/mol. The van der Waals surface area contributed by atoms with E-state index in [-0.39, 0.29) is 11.8 Å². The van der Waals surface area contributed by atoms with Crippen LogP contribution in [0.1, 0.15) is 32.1 Å². The van der Waals surface area contributed by atoms with Gasteiger partial charge < -0.3 is 4.79 Å².